The van der Waals surface area contributed by atoms with Gasteiger partial charge in [0, 0.05) is 62.2 Å². The first kappa shape index (κ1) is 23.8. The van der Waals surface area contributed by atoms with Crippen molar-refractivity contribution in [1.29, 1.82) is 0 Å². The van der Waals surface area contributed by atoms with E-state index in [9.17, 15) is 9.90 Å². The maximum Gasteiger partial charge on any atom is 0.249 e. The van der Waals surface area contributed by atoms with Crippen molar-refractivity contribution >= 4 is 16.8 Å². The SMILES string of the molecule is COCC(=O)N1CC2(CCN(Cc3cccnc3)CC2)c2c(n(C)c3cc(OC)ccc23)[C@@H]1CO. The zero-order valence-corrected chi connectivity index (χ0v) is 20.7. The van der Waals surface area contributed by atoms with E-state index in [1.165, 1.54) is 23.6 Å². The smallest absolute Gasteiger partial charge is 0.249 e. The molecule has 0 bridgehead atoms. The number of carbonyl (C=O) groups excluding carboxylic acids is 1. The molecule has 5 rings (SSSR count). The van der Waals surface area contributed by atoms with E-state index in [2.05, 4.69) is 32.7 Å². The molecule has 1 atom stereocenters. The van der Waals surface area contributed by atoms with Crippen LogP contribution in [0, 0.1) is 0 Å². The number of rotatable bonds is 6. The molecule has 35 heavy (non-hydrogen) atoms. The molecule has 8 nitrogen and oxygen atoms in total. The number of amides is 1. The lowest BCUT2D eigenvalue weighted by Crippen LogP contribution is -2.56. The fourth-order valence-electron chi connectivity index (χ4n) is 6.12. The number of methoxy groups -OCH3 is 2. The number of pyridine rings is 1. The fourth-order valence-corrected chi connectivity index (χ4v) is 6.12. The van der Waals surface area contributed by atoms with Gasteiger partial charge >= 0.3 is 0 Å². The van der Waals surface area contributed by atoms with Gasteiger partial charge in [0.2, 0.25) is 5.91 Å². The molecule has 1 amide bonds. The van der Waals surface area contributed by atoms with Crippen molar-refractivity contribution in [2.75, 3.05) is 47.1 Å². The van der Waals surface area contributed by atoms with Gasteiger partial charge in [0.25, 0.3) is 0 Å². The van der Waals surface area contributed by atoms with Crippen LogP contribution >= 0.6 is 0 Å². The zero-order chi connectivity index (χ0) is 24.6. The monoisotopic (exact) mass is 478 g/mol. The number of carbonyl (C=O) groups is 1. The van der Waals surface area contributed by atoms with Gasteiger partial charge in [0.15, 0.2) is 0 Å². The molecule has 1 aromatic carbocycles. The number of likely N-dealkylation sites (tertiary alicyclic amines) is 1. The Morgan fingerprint density at radius 1 is 1.23 bits per heavy atom. The number of nitrogens with zero attached hydrogens (tertiary/aromatic N) is 4. The van der Waals surface area contributed by atoms with E-state index in [1.54, 1.807) is 13.3 Å². The standard InChI is InChI=1S/C27H34N4O4/c1-29-22-13-20(35-3)6-7-21(22)25-26(29)23(16-32)31(24(33)17-34-2)18-27(25)8-11-30(12-9-27)15-19-5-4-10-28-14-19/h4-7,10,13-14,23,32H,8-9,11-12,15-18H2,1-3H3/t23-/m0/s1. The number of fused-ring (bicyclic) bond motifs is 4. The maximum atomic E-state index is 13.2. The summed E-state index contributed by atoms with van der Waals surface area (Å²) in [5.74, 6) is 0.709. The highest BCUT2D eigenvalue weighted by Gasteiger charge is 2.49. The third kappa shape index (κ3) is 4.09. The number of piperidine rings is 1. The number of aromatic nitrogens is 2. The predicted octanol–water partition coefficient (Wildman–Crippen LogP) is 2.64. The molecule has 1 saturated heterocycles. The van der Waals surface area contributed by atoms with E-state index in [0.29, 0.717) is 6.54 Å². The van der Waals surface area contributed by atoms with Gasteiger partial charge in [-0.2, -0.15) is 0 Å². The summed E-state index contributed by atoms with van der Waals surface area (Å²) in [4.78, 5) is 21.8. The van der Waals surface area contributed by atoms with Gasteiger partial charge in [-0.3, -0.25) is 14.7 Å². The van der Waals surface area contributed by atoms with E-state index < -0.39 is 6.04 Å². The number of ether oxygens (including phenoxy) is 2. The molecule has 0 aliphatic carbocycles. The normalized spacial score (nSPS) is 19.8. The van der Waals surface area contributed by atoms with E-state index in [1.807, 2.05) is 30.3 Å². The molecule has 1 fully saturated rings. The molecule has 3 aromatic rings. The number of benzene rings is 1. The summed E-state index contributed by atoms with van der Waals surface area (Å²) in [5, 5.41) is 11.7. The second-order valence-electron chi connectivity index (χ2n) is 9.77. The number of hydrogen-bond donors (Lipinski definition) is 1. The molecule has 8 heteroatoms. The van der Waals surface area contributed by atoms with Crippen LogP contribution < -0.4 is 4.74 Å². The van der Waals surface area contributed by atoms with Crippen LogP contribution in [0.4, 0.5) is 0 Å². The summed E-state index contributed by atoms with van der Waals surface area (Å²) in [5.41, 5.74) is 4.38. The molecule has 2 aliphatic rings. The summed E-state index contributed by atoms with van der Waals surface area (Å²) in [6.07, 6.45) is 5.59. The summed E-state index contributed by atoms with van der Waals surface area (Å²) < 4.78 is 12.9. The quantitative estimate of drug-likeness (QED) is 0.587. The van der Waals surface area contributed by atoms with Crippen molar-refractivity contribution < 1.29 is 19.4 Å². The number of aliphatic hydroxyl groups excluding tert-OH is 1. The van der Waals surface area contributed by atoms with Gasteiger partial charge in [0.1, 0.15) is 12.4 Å². The highest BCUT2D eigenvalue weighted by atomic mass is 16.5. The Kier molecular flexibility index (Phi) is 6.53. The van der Waals surface area contributed by atoms with Gasteiger partial charge in [-0.05, 0) is 55.3 Å². The average molecular weight is 479 g/mol. The van der Waals surface area contributed by atoms with Gasteiger partial charge < -0.3 is 24.0 Å². The number of aliphatic hydroxyl groups is 1. The van der Waals surface area contributed by atoms with E-state index in [4.69, 9.17) is 9.47 Å². The van der Waals surface area contributed by atoms with Crippen molar-refractivity contribution in [3.05, 3.63) is 59.5 Å². The van der Waals surface area contributed by atoms with Crippen LogP contribution in [-0.2, 0) is 28.5 Å². The number of aryl methyl sites for hydroxylation is 1. The van der Waals surface area contributed by atoms with Crippen LogP contribution in [0.25, 0.3) is 10.9 Å². The Morgan fingerprint density at radius 2 is 2.03 bits per heavy atom. The molecule has 1 N–H and O–H groups in total. The Bertz CT molecular complexity index is 1200. The molecular weight excluding hydrogens is 444 g/mol. The van der Waals surface area contributed by atoms with Gasteiger partial charge in [0.05, 0.1) is 25.3 Å². The molecule has 2 aromatic heterocycles. The Morgan fingerprint density at radius 3 is 2.69 bits per heavy atom. The predicted molar refractivity (Wildman–Crippen MR) is 133 cm³/mol. The largest absolute Gasteiger partial charge is 0.497 e. The molecule has 1 spiro atoms. The number of hydrogen-bond acceptors (Lipinski definition) is 6. The second kappa shape index (κ2) is 9.60. The summed E-state index contributed by atoms with van der Waals surface area (Å²) in [6, 6.07) is 9.88. The van der Waals surface area contributed by atoms with Crippen LogP contribution in [0.1, 0.15) is 35.7 Å². The average Bonchev–Trinajstić information content (AvgIpc) is 3.19. The highest BCUT2D eigenvalue weighted by Crippen LogP contribution is 2.50. The van der Waals surface area contributed by atoms with Crippen molar-refractivity contribution in [3.63, 3.8) is 0 Å². The van der Waals surface area contributed by atoms with Crippen molar-refractivity contribution in [2.24, 2.45) is 7.05 Å². The topological polar surface area (TPSA) is 80.1 Å². The minimum atomic E-state index is -0.407. The lowest BCUT2D eigenvalue weighted by atomic mass is 9.68. The first-order valence-electron chi connectivity index (χ1n) is 12.2. The van der Waals surface area contributed by atoms with Crippen molar-refractivity contribution in [1.82, 2.24) is 19.4 Å². The molecule has 2 aliphatic heterocycles. The van der Waals surface area contributed by atoms with Crippen molar-refractivity contribution in [3.8, 4) is 5.75 Å². The van der Waals surface area contributed by atoms with Crippen LogP contribution in [-0.4, -0.2) is 77.4 Å². The van der Waals surface area contributed by atoms with Gasteiger partial charge in [-0.15, -0.1) is 0 Å². The highest BCUT2D eigenvalue weighted by molar-refractivity contribution is 5.89. The Balaban J connectivity index is 1.57. The zero-order valence-electron chi connectivity index (χ0n) is 20.7. The van der Waals surface area contributed by atoms with Crippen LogP contribution in [0.15, 0.2) is 42.7 Å². The van der Waals surface area contributed by atoms with Gasteiger partial charge in [-0.1, -0.05) is 6.07 Å². The van der Waals surface area contributed by atoms with E-state index in [-0.39, 0.29) is 24.5 Å². The van der Waals surface area contributed by atoms with Gasteiger partial charge in [-0.25, -0.2) is 0 Å². The van der Waals surface area contributed by atoms with Crippen molar-refractivity contribution in [2.45, 2.75) is 30.8 Å². The summed E-state index contributed by atoms with van der Waals surface area (Å²) in [7, 11) is 5.24. The molecule has 186 valence electrons. The first-order chi connectivity index (χ1) is 17.0. The minimum absolute atomic E-state index is 0.00676. The van der Waals surface area contributed by atoms with Crippen LogP contribution in [0.5, 0.6) is 5.75 Å². The maximum absolute atomic E-state index is 13.2. The minimum Gasteiger partial charge on any atom is -0.497 e. The Labute approximate surface area is 206 Å². The van der Waals surface area contributed by atoms with Crippen LogP contribution in [0.2, 0.25) is 0 Å². The third-order valence-corrected chi connectivity index (χ3v) is 7.85. The summed E-state index contributed by atoms with van der Waals surface area (Å²) >= 11 is 0. The van der Waals surface area contributed by atoms with E-state index >= 15 is 0 Å². The Hall–Kier alpha value is -2.94. The molecule has 0 radical (unpaired) electrons. The molecular formula is C27H34N4O4. The lowest BCUT2D eigenvalue weighted by molar-refractivity contribution is -0.141. The summed E-state index contributed by atoms with van der Waals surface area (Å²) in [6.45, 7) is 3.18. The van der Waals surface area contributed by atoms with E-state index in [0.717, 1.165) is 49.4 Å². The second-order valence-corrected chi connectivity index (χ2v) is 9.77. The van der Waals surface area contributed by atoms with Crippen LogP contribution in [0.3, 0.4) is 0 Å². The third-order valence-electron chi connectivity index (χ3n) is 7.85. The first-order valence-corrected chi connectivity index (χ1v) is 12.2. The molecule has 0 saturated carbocycles. The fraction of sp³-hybridized carbons (Fsp3) is 0.481. The molecule has 0 unspecified atom stereocenters. The molecule has 4 heterocycles. The lowest BCUT2D eigenvalue weighted by Gasteiger charge is -2.50.